The molecule has 0 saturated carbocycles. The molecule has 0 saturated heterocycles. The Labute approximate surface area is 76.5 Å². The number of hydrogen-bond acceptors (Lipinski definition) is 4. The fourth-order valence-corrected chi connectivity index (χ4v) is 0.959. The Balaban J connectivity index is 0.000000396. The molecule has 1 aromatic carbocycles. The molecule has 2 rings (SSSR count). The van der Waals surface area contributed by atoms with E-state index >= 15 is 0 Å². The maximum Gasteiger partial charge on any atom is 0.292 e. The van der Waals surface area contributed by atoms with Crippen LogP contribution < -0.4 is 11.5 Å². The van der Waals surface area contributed by atoms with Gasteiger partial charge < -0.3 is 15.9 Å². The largest absolute Gasteiger partial charge is 0.424 e. The van der Waals surface area contributed by atoms with Crippen molar-refractivity contribution >= 4 is 22.8 Å². The molecule has 4 heteroatoms. The van der Waals surface area contributed by atoms with Crippen molar-refractivity contribution in [2.75, 3.05) is 11.5 Å². The van der Waals surface area contributed by atoms with Crippen LogP contribution in [0.5, 0.6) is 0 Å². The number of nitrogens with zero attached hydrogens (tertiary/aromatic N) is 1. The molecular formula is C9H13N3O. The van der Waals surface area contributed by atoms with Crippen molar-refractivity contribution in [3.8, 4) is 0 Å². The average Bonchev–Trinajstić information content (AvgIpc) is 2.48. The van der Waals surface area contributed by atoms with Gasteiger partial charge in [-0.1, -0.05) is 13.8 Å². The van der Waals surface area contributed by atoms with Crippen molar-refractivity contribution in [1.82, 2.24) is 4.98 Å². The summed E-state index contributed by atoms with van der Waals surface area (Å²) in [7, 11) is 0. The van der Waals surface area contributed by atoms with Gasteiger partial charge in [0.1, 0.15) is 5.52 Å². The van der Waals surface area contributed by atoms with Gasteiger partial charge in [0.25, 0.3) is 6.01 Å². The fraction of sp³-hybridized carbons (Fsp3) is 0.222. The van der Waals surface area contributed by atoms with Crippen LogP contribution in [0.4, 0.5) is 11.7 Å². The Kier molecular flexibility index (Phi) is 2.74. The summed E-state index contributed by atoms with van der Waals surface area (Å²) in [5, 5.41) is 0. The minimum absolute atomic E-state index is 0.172. The smallest absolute Gasteiger partial charge is 0.292 e. The van der Waals surface area contributed by atoms with Crippen molar-refractivity contribution < 1.29 is 4.42 Å². The van der Waals surface area contributed by atoms with Gasteiger partial charge in [-0.15, -0.1) is 0 Å². The van der Waals surface area contributed by atoms with Crippen LogP contribution in [0, 0.1) is 0 Å². The summed E-state index contributed by atoms with van der Waals surface area (Å²) in [6.45, 7) is 4.00. The average molecular weight is 179 g/mol. The highest BCUT2D eigenvalue weighted by molar-refractivity contribution is 5.77. The SMILES string of the molecule is CC.Nc1ccc2nc(N)oc2c1. The minimum atomic E-state index is 0.172. The van der Waals surface area contributed by atoms with Gasteiger partial charge in [0.2, 0.25) is 0 Å². The zero-order valence-corrected chi connectivity index (χ0v) is 7.74. The zero-order valence-electron chi connectivity index (χ0n) is 7.74. The highest BCUT2D eigenvalue weighted by Crippen LogP contribution is 2.18. The summed E-state index contributed by atoms with van der Waals surface area (Å²) in [4.78, 5) is 3.91. The lowest BCUT2D eigenvalue weighted by Gasteiger charge is -1.88. The van der Waals surface area contributed by atoms with E-state index in [0.29, 0.717) is 11.3 Å². The summed E-state index contributed by atoms with van der Waals surface area (Å²) in [5.41, 5.74) is 12.8. The monoisotopic (exact) mass is 179 g/mol. The molecule has 1 heterocycles. The summed E-state index contributed by atoms with van der Waals surface area (Å²) in [5.74, 6) is 0. The fourth-order valence-electron chi connectivity index (χ4n) is 0.959. The zero-order chi connectivity index (χ0) is 9.84. The first-order chi connectivity index (χ1) is 6.25. The second kappa shape index (κ2) is 3.80. The number of oxazole rings is 1. The van der Waals surface area contributed by atoms with Crippen LogP contribution in [0.1, 0.15) is 13.8 Å². The molecule has 0 spiro atoms. The van der Waals surface area contributed by atoms with Gasteiger partial charge in [0.15, 0.2) is 5.58 Å². The summed E-state index contributed by atoms with van der Waals surface area (Å²) < 4.78 is 5.04. The van der Waals surface area contributed by atoms with Crippen molar-refractivity contribution in [3.63, 3.8) is 0 Å². The lowest BCUT2D eigenvalue weighted by atomic mass is 10.3. The van der Waals surface area contributed by atoms with E-state index in [1.807, 2.05) is 13.8 Å². The van der Waals surface area contributed by atoms with Crippen LogP contribution in [-0.2, 0) is 0 Å². The van der Waals surface area contributed by atoms with Gasteiger partial charge >= 0.3 is 0 Å². The molecule has 0 amide bonds. The molecule has 13 heavy (non-hydrogen) atoms. The van der Waals surface area contributed by atoms with Gasteiger partial charge in [-0.2, -0.15) is 4.98 Å². The van der Waals surface area contributed by atoms with Crippen LogP contribution in [0.3, 0.4) is 0 Å². The number of nitrogens with two attached hydrogens (primary N) is 2. The molecule has 0 aliphatic rings. The molecule has 4 nitrogen and oxygen atoms in total. The molecule has 2 aromatic rings. The number of benzene rings is 1. The number of fused-ring (bicyclic) bond motifs is 1. The van der Waals surface area contributed by atoms with Crippen LogP contribution in [0.15, 0.2) is 22.6 Å². The van der Waals surface area contributed by atoms with E-state index in [9.17, 15) is 0 Å². The number of anilines is 2. The normalized spacial score (nSPS) is 9.38. The van der Waals surface area contributed by atoms with E-state index < -0.39 is 0 Å². The molecule has 1 aromatic heterocycles. The maximum atomic E-state index is 5.50. The van der Waals surface area contributed by atoms with Crippen LogP contribution in [0.25, 0.3) is 11.1 Å². The summed E-state index contributed by atoms with van der Waals surface area (Å²) in [6, 6.07) is 5.39. The molecule has 0 radical (unpaired) electrons. The minimum Gasteiger partial charge on any atom is -0.424 e. The van der Waals surface area contributed by atoms with E-state index in [4.69, 9.17) is 15.9 Å². The highest BCUT2D eigenvalue weighted by Gasteiger charge is 2.00. The topological polar surface area (TPSA) is 78.1 Å². The highest BCUT2D eigenvalue weighted by atomic mass is 16.4. The molecule has 0 bridgehead atoms. The maximum absolute atomic E-state index is 5.50. The lowest BCUT2D eigenvalue weighted by molar-refractivity contribution is 0.626. The van der Waals surface area contributed by atoms with E-state index in [0.717, 1.165) is 5.52 Å². The van der Waals surface area contributed by atoms with Crippen molar-refractivity contribution in [2.45, 2.75) is 13.8 Å². The second-order valence-electron chi connectivity index (χ2n) is 2.28. The third-order valence-corrected chi connectivity index (χ3v) is 1.43. The first-order valence-electron chi connectivity index (χ1n) is 4.17. The van der Waals surface area contributed by atoms with E-state index in [1.54, 1.807) is 18.2 Å². The number of rotatable bonds is 0. The Hall–Kier alpha value is -1.71. The Bertz CT molecular complexity index is 395. The summed E-state index contributed by atoms with van der Waals surface area (Å²) in [6.07, 6.45) is 0. The van der Waals surface area contributed by atoms with Gasteiger partial charge in [-0.25, -0.2) is 0 Å². The van der Waals surface area contributed by atoms with Crippen LogP contribution in [0.2, 0.25) is 0 Å². The van der Waals surface area contributed by atoms with Crippen molar-refractivity contribution in [3.05, 3.63) is 18.2 Å². The van der Waals surface area contributed by atoms with Gasteiger partial charge in [0.05, 0.1) is 0 Å². The van der Waals surface area contributed by atoms with E-state index in [1.165, 1.54) is 0 Å². The lowest BCUT2D eigenvalue weighted by Crippen LogP contribution is -1.81. The Morgan fingerprint density at radius 1 is 1.23 bits per heavy atom. The number of aromatic nitrogens is 1. The van der Waals surface area contributed by atoms with Crippen LogP contribution in [-0.4, -0.2) is 4.98 Å². The first-order valence-corrected chi connectivity index (χ1v) is 4.17. The molecule has 0 aliphatic carbocycles. The quantitative estimate of drug-likeness (QED) is 0.606. The number of nitrogen functional groups attached to an aromatic ring is 2. The molecule has 0 fully saturated rings. The summed E-state index contributed by atoms with van der Waals surface area (Å²) >= 11 is 0. The Morgan fingerprint density at radius 3 is 2.62 bits per heavy atom. The third kappa shape index (κ3) is 1.90. The first kappa shape index (κ1) is 9.38. The molecular weight excluding hydrogens is 166 g/mol. The molecule has 0 aliphatic heterocycles. The Morgan fingerprint density at radius 2 is 1.92 bits per heavy atom. The molecule has 70 valence electrons. The number of hydrogen-bond donors (Lipinski definition) is 2. The van der Waals surface area contributed by atoms with Gasteiger partial charge in [-0.3, -0.25) is 0 Å². The standard InChI is InChI=1S/C7H7N3O.C2H6/c8-4-1-2-5-6(3-4)11-7(9)10-5;1-2/h1-3H,8H2,(H2,9,10);1-2H3. The second-order valence-corrected chi connectivity index (χ2v) is 2.28. The van der Waals surface area contributed by atoms with Crippen molar-refractivity contribution in [2.24, 2.45) is 0 Å². The van der Waals surface area contributed by atoms with Crippen molar-refractivity contribution in [1.29, 1.82) is 0 Å². The van der Waals surface area contributed by atoms with Crippen LogP contribution >= 0.6 is 0 Å². The van der Waals surface area contributed by atoms with E-state index in [2.05, 4.69) is 4.98 Å². The molecule has 0 unspecified atom stereocenters. The molecule has 0 atom stereocenters. The molecule has 4 N–H and O–H groups in total. The van der Waals surface area contributed by atoms with Gasteiger partial charge in [0, 0.05) is 11.8 Å². The predicted molar refractivity (Wildman–Crippen MR) is 54.2 cm³/mol. The van der Waals surface area contributed by atoms with E-state index in [-0.39, 0.29) is 6.01 Å². The van der Waals surface area contributed by atoms with Gasteiger partial charge in [-0.05, 0) is 12.1 Å². The third-order valence-electron chi connectivity index (χ3n) is 1.43. The predicted octanol–water partition coefficient (Wildman–Crippen LogP) is 2.02.